The van der Waals surface area contributed by atoms with Crippen LogP contribution in [0.3, 0.4) is 0 Å². The largest absolute Gasteiger partial charge is 0.493 e. The van der Waals surface area contributed by atoms with Crippen LogP contribution >= 0.6 is 0 Å². The van der Waals surface area contributed by atoms with Gasteiger partial charge in [0.15, 0.2) is 0 Å². The molecule has 0 saturated heterocycles. The summed E-state index contributed by atoms with van der Waals surface area (Å²) in [4.78, 5) is 16.6. The third-order valence-corrected chi connectivity index (χ3v) is 6.19. The first-order valence-electron chi connectivity index (χ1n) is 11.9. The summed E-state index contributed by atoms with van der Waals surface area (Å²) in [6.45, 7) is 3.50. The second-order valence-corrected chi connectivity index (χ2v) is 9.00. The predicted molar refractivity (Wildman–Crippen MR) is 135 cm³/mol. The van der Waals surface area contributed by atoms with Gasteiger partial charge in [0, 0.05) is 30.5 Å². The van der Waals surface area contributed by atoms with Crippen molar-refractivity contribution in [3.8, 4) is 17.2 Å². The van der Waals surface area contributed by atoms with Crippen LogP contribution in [0.25, 0.3) is 11.5 Å². The van der Waals surface area contributed by atoms with Crippen molar-refractivity contribution < 1.29 is 27.8 Å². The number of oxazole rings is 1. The topological polar surface area (TPSA) is 84.6 Å². The lowest BCUT2D eigenvalue weighted by Gasteiger charge is -2.27. The highest BCUT2D eigenvalue weighted by Crippen LogP contribution is 2.23. The number of carboxylic acid groups (broad SMARTS) is 1. The van der Waals surface area contributed by atoms with Gasteiger partial charge in [-0.05, 0) is 55.8 Å². The molecule has 0 spiro atoms. The Bertz CT molecular complexity index is 1340. The molecule has 1 atom stereocenters. The molecule has 0 aliphatic heterocycles. The molecule has 1 unspecified atom stereocenters. The second kappa shape index (κ2) is 11.3. The first-order valence-corrected chi connectivity index (χ1v) is 11.9. The summed E-state index contributed by atoms with van der Waals surface area (Å²) in [5, 5.41) is 12.6. The highest BCUT2D eigenvalue weighted by Gasteiger charge is 2.33. The fourth-order valence-electron chi connectivity index (χ4n) is 3.94. The van der Waals surface area contributed by atoms with Crippen LogP contribution < -0.4 is 10.1 Å². The molecule has 0 aliphatic carbocycles. The zero-order chi connectivity index (χ0) is 26.4. The maximum absolute atomic E-state index is 14.0. The van der Waals surface area contributed by atoms with Crippen molar-refractivity contribution in [2.24, 2.45) is 0 Å². The lowest BCUT2D eigenvalue weighted by molar-refractivity contribution is -0.144. The molecule has 0 saturated carbocycles. The number of aryl methyl sites for hydroxylation is 1. The van der Waals surface area contributed by atoms with E-state index in [1.165, 1.54) is 13.0 Å². The van der Waals surface area contributed by atoms with Gasteiger partial charge in [-0.1, -0.05) is 36.4 Å². The molecule has 1 heterocycles. The van der Waals surface area contributed by atoms with Crippen LogP contribution in [0, 0.1) is 18.6 Å². The van der Waals surface area contributed by atoms with Crippen LogP contribution in [0.5, 0.6) is 5.75 Å². The molecule has 0 bridgehead atoms. The molecule has 6 nitrogen and oxygen atoms in total. The monoisotopic (exact) mass is 506 g/mol. The molecule has 4 rings (SSSR count). The van der Waals surface area contributed by atoms with Gasteiger partial charge in [-0.15, -0.1) is 0 Å². The molecule has 1 aromatic heterocycles. The molecule has 0 fully saturated rings. The molecule has 0 radical (unpaired) electrons. The van der Waals surface area contributed by atoms with E-state index >= 15 is 0 Å². The molecule has 4 aromatic rings. The van der Waals surface area contributed by atoms with Crippen LogP contribution in [-0.4, -0.2) is 28.2 Å². The molecule has 37 heavy (non-hydrogen) atoms. The zero-order valence-corrected chi connectivity index (χ0v) is 20.6. The van der Waals surface area contributed by atoms with Crippen LogP contribution in [0.2, 0.25) is 0 Å². The number of carboxylic acids is 1. The third-order valence-electron chi connectivity index (χ3n) is 6.19. The number of halogens is 2. The Kier molecular flexibility index (Phi) is 7.98. The van der Waals surface area contributed by atoms with Gasteiger partial charge < -0.3 is 14.3 Å². The Labute approximate surface area is 213 Å². The average Bonchev–Trinajstić information content (AvgIpc) is 3.25. The van der Waals surface area contributed by atoms with E-state index in [1.807, 2.05) is 37.3 Å². The van der Waals surface area contributed by atoms with E-state index in [0.29, 0.717) is 24.7 Å². The van der Waals surface area contributed by atoms with Gasteiger partial charge >= 0.3 is 5.97 Å². The van der Waals surface area contributed by atoms with E-state index < -0.39 is 23.1 Å². The molecule has 2 N–H and O–H groups in total. The predicted octanol–water partition coefficient (Wildman–Crippen LogP) is 5.73. The highest BCUT2D eigenvalue weighted by molar-refractivity contribution is 5.78. The number of aromatic nitrogens is 1. The van der Waals surface area contributed by atoms with Crippen molar-refractivity contribution in [2.75, 3.05) is 6.61 Å². The van der Waals surface area contributed by atoms with Gasteiger partial charge in [-0.3, -0.25) is 10.1 Å². The lowest BCUT2D eigenvalue weighted by atomic mass is 9.92. The summed E-state index contributed by atoms with van der Waals surface area (Å²) in [5.74, 6) is -0.620. The van der Waals surface area contributed by atoms with Crippen molar-refractivity contribution >= 4 is 5.97 Å². The fraction of sp³-hybridized carbons (Fsp3) is 0.241. The van der Waals surface area contributed by atoms with Gasteiger partial charge in [-0.25, -0.2) is 13.8 Å². The normalized spacial score (nSPS) is 12.8. The Morgan fingerprint density at radius 2 is 1.70 bits per heavy atom. The van der Waals surface area contributed by atoms with E-state index in [-0.39, 0.29) is 18.5 Å². The number of ether oxygens (including phenoxy) is 1. The van der Waals surface area contributed by atoms with E-state index in [4.69, 9.17) is 9.15 Å². The zero-order valence-electron chi connectivity index (χ0n) is 20.6. The first kappa shape index (κ1) is 26.0. The summed E-state index contributed by atoms with van der Waals surface area (Å²) in [5.41, 5.74) is 0.841. The number of benzene rings is 3. The van der Waals surface area contributed by atoms with Gasteiger partial charge in [0.05, 0.1) is 12.3 Å². The van der Waals surface area contributed by atoms with E-state index in [2.05, 4.69) is 10.3 Å². The Hall–Kier alpha value is -4.04. The minimum absolute atomic E-state index is 0.110. The Balaban J connectivity index is 1.33. The maximum Gasteiger partial charge on any atom is 0.323 e. The summed E-state index contributed by atoms with van der Waals surface area (Å²) in [6.07, 6.45) is 0.677. The van der Waals surface area contributed by atoms with Crippen LogP contribution in [0.1, 0.15) is 29.5 Å². The summed E-state index contributed by atoms with van der Waals surface area (Å²) in [7, 11) is 0. The minimum atomic E-state index is -1.43. The molecule has 0 aliphatic rings. The summed E-state index contributed by atoms with van der Waals surface area (Å²) in [6, 6.07) is 20.3. The lowest BCUT2D eigenvalue weighted by Crippen LogP contribution is -2.51. The fourth-order valence-corrected chi connectivity index (χ4v) is 3.94. The molecular weight excluding hydrogens is 478 g/mol. The second-order valence-electron chi connectivity index (χ2n) is 9.00. The van der Waals surface area contributed by atoms with Crippen molar-refractivity contribution in [2.45, 2.75) is 38.8 Å². The van der Waals surface area contributed by atoms with Gasteiger partial charge in [0.25, 0.3) is 0 Å². The SMILES string of the molecule is Cc1oc(-c2ccccc2)nc1CCOc1ccc(CC(C)(NCc2c(F)cccc2F)C(=O)O)cc1. The van der Waals surface area contributed by atoms with Crippen molar-refractivity contribution in [1.82, 2.24) is 10.3 Å². The van der Waals surface area contributed by atoms with E-state index in [0.717, 1.165) is 34.7 Å². The molecule has 0 amide bonds. The van der Waals surface area contributed by atoms with E-state index in [1.54, 1.807) is 24.3 Å². The molecule has 3 aromatic carbocycles. The number of rotatable bonds is 11. The standard InChI is InChI=1S/C29H28F2N2O4/c1-19-26(33-27(37-19)21-7-4-3-5-8-21)15-16-36-22-13-11-20(12-14-22)17-29(2,28(34)35)32-18-23-24(30)9-6-10-25(23)31/h3-14,32H,15-18H2,1-2H3,(H,34,35). The van der Waals surface area contributed by atoms with Gasteiger partial charge in [-0.2, -0.15) is 0 Å². The average molecular weight is 507 g/mol. The van der Waals surface area contributed by atoms with Crippen LogP contribution in [-0.2, 0) is 24.2 Å². The van der Waals surface area contributed by atoms with Gasteiger partial charge in [0.1, 0.15) is 28.7 Å². The van der Waals surface area contributed by atoms with Crippen LogP contribution in [0.15, 0.2) is 77.2 Å². The number of hydrogen-bond donors (Lipinski definition) is 2. The minimum Gasteiger partial charge on any atom is -0.493 e. The van der Waals surface area contributed by atoms with Gasteiger partial charge in [0.2, 0.25) is 5.89 Å². The van der Waals surface area contributed by atoms with Crippen molar-refractivity contribution in [3.05, 3.63) is 107 Å². The number of carbonyl (C=O) groups is 1. The number of aliphatic carboxylic acids is 1. The Morgan fingerprint density at radius 1 is 1.03 bits per heavy atom. The third kappa shape index (κ3) is 6.40. The maximum atomic E-state index is 14.0. The number of nitrogens with one attached hydrogen (secondary N) is 1. The smallest absolute Gasteiger partial charge is 0.323 e. The quantitative estimate of drug-likeness (QED) is 0.271. The van der Waals surface area contributed by atoms with Crippen molar-refractivity contribution in [3.63, 3.8) is 0 Å². The summed E-state index contributed by atoms with van der Waals surface area (Å²) >= 11 is 0. The highest BCUT2D eigenvalue weighted by atomic mass is 19.1. The first-order chi connectivity index (χ1) is 17.7. The molecular formula is C29H28F2N2O4. The number of hydrogen-bond acceptors (Lipinski definition) is 5. The van der Waals surface area contributed by atoms with E-state index in [9.17, 15) is 18.7 Å². The molecule has 192 valence electrons. The number of nitrogens with zero attached hydrogens (tertiary/aromatic N) is 1. The summed E-state index contributed by atoms with van der Waals surface area (Å²) < 4.78 is 39.5. The molecule has 8 heteroatoms. The van der Waals surface area contributed by atoms with Crippen molar-refractivity contribution in [1.29, 1.82) is 0 Å². The Morgan fingerprint density at radius 3 is 2.35 bits per heavy atom. The van der Waals surface area contributed by atoms with Crippen LogP contribution in [0.4, 0.5) is 8.78 Å².